The molecular formula is C18H36N2. The zero-order valence-electron chi connectivity index (χ0n) is 14.2. The van der Waals surface area contributed by atoms with Gasteiger partial charge in [-0.15, -0.1) is 0 Å². The van der Waals surface area contributed by atoms with Gasteiger partial charge < -0.3 is 10.6 Å². The summed E-state index contributed by atoms with van der Waals surface area (Å²) >= 11 is 0. The summed E-state index contributed by atoms with van der Waals surface area (Å²) in [5.74, 6) is 2.52. The summed E-state index contributed by atoms with van der Waals surface area (Å²) in [5.41, 5.74) is 7.16. The molecule has 2 fully saturated rings. The maximum Gasteiger partial charge on any atom is 0.0359 e. The van der Waals surface area contributed by atoms with E-state index in [4.69, 9.17) is 5.73 Å². The van der Waals surface area contributed by atoms with Crippen molar-refractivity contribution in [1.29, 1.82) is 0 Å². The molecule has 2 heteroatoms. The fourth-order valence-corrected chi connectivity index (χ4v) is 5.04. The first-order chi connectivity index (χ1) is 9.49. The van der Waals surface area contributed by atoms with Gasteiger partial charge in [-0.3, -0.25) is 0 Å². The van der Waals surface area contributed by atoms with Crippen molar-refractivity contribution in [3.05, 3.63) is 0 Å². The van der Waals surface area contributed by atoms with E-state index in [1.54, 1.807) is 0 Å². The van der Waals surface area contributed by atoms with Crippen LogP contribution in [-0.4, -0.2) is 30.6 Å². The van der Waals surface area contributed by atoms with Crippen molar-refractivity contribution >= 4 is 0 Å². The number of rotatable bonds is 4. The van der Waals surface area contributed by atoms with Gasteiger partial charge in [0.2, 0.25) is 0 Å². The molecule has 2 rings (SSSR count). The standard InChI is InChI=1S/C18H36N2/c1-5-15-9-6-10-16(12-15)17(19)18(20(3)4)11-7-8-14(2)13-18/h14-17H,5-13,19H2,1-4H3. The minimum atomic E-state index is 0.262. The largest absolute Gasteiger partial charge is 0.326 e. The molecule has 2 aliphatic carbocycles. The third-order valence-electron chi connectivity index (χ3n) is 6.43. The Morgan fingerprint density at radius 2 is 1.95 bits per heavy atom. The quantitative estimate of drug-likeness (QED) is 0.842. The number of nitrogens with two attached hydrogens (primary N) is 1. The van der Waals surface area contributed by atoms with E-state index >= 15 is 0 Å². The number of hydrogen-bond donors (Lipinski definition) is 1. The number of hydrogen-bond acceptors (Lipinski definition) is 2. The van der Waals surface area contributed by atoms with E-state index in [9.17, 15) is 0 Å². The Labute approximate surface area is 126 Å². The monoisotopic (exact) mass is 280 g/mol. The maximum atomic E-state index is 6.90. The molecule has 0 amide bonds. The summed E-state index contributed by atoms with van der Waals surface area (Å²) in [5, 5.41) is 0. The lowest BCUT2D eigenvalue weighted by atomic mass is 9.64. The van der Waals surface area contributed by atoms with E-state index in [0.29, 0.717) is 6.04 Å². The van der Waals surface area contributed by atoms with Crippen molar-refractivity contribution in [3.63, 3.8) is 0 Å². The molecule has 2 saturated carbocycles. The average molecular weight is 281 g/mol. The third-order valence-corrected chi connectivity index (χ3v) is 6.43. The molecular weight excluding hydrogens is 244 g/mol. The van der Waals surface area contributed by atoms with E-state index in [-0.39, 0.29) is 5.54 Å². The second-order valence-electron chi connectivity index (χ2n) is 7.93. The summed E-state index contributed by atoms with van der Waals surface area (Å²) < 4.78 is 0. The molecule has 5 unspecified atom stereocenters. The van der Waals surface area contributed by atoms with Gasteiger partial charge in [0.15, 0.2) is 0 Å². The smallest absolute Gasteiger partial charge is 0.0359 e. The molecule has 0 bridgehead atoms. The van der Waals surface area contributed by atoms with Crippen LogP contribution in [0.5, 0.6) is 0 Å². The highest BCUT2D eigenvalue weighted by Crippen LogP contribution is 2.43. The minimum absolute atomic E-state index is 0.262. The molecule has 0 spiro atoms. The van der Waals surface area contributed by atoms with E-state index in [1.165, 1.54) is 57.8 Å². The van der Waals surface area contributed by atoms with E-state index < -0.39 is 0 Å². The van der Waals surface area contributed by atoms with Gasteiger partial charge >= 0.3 is 0 Å². The van der Waals surface area contributed by atoms with Gasteiger partial charge in [0.1, 0.15) is 0 Å². The first-order valence-electron chi connectivity index (χ1n) is 8.92. The molecule has 118 valence electrons. The first-order valence-corrected chi connectivity index (χ1v) is 8.92. The van der Waals surface area contributed by atoms with Crippen LogP contribution in [0.1, 0.15) is 71.6 Å². The van der Waals surface area contributed by atoms with Crippen molar-refractivity contribution in [3.8, 4) is 0 Å². The van der Waals surface area contributed by atoms with Crippen LogP contribution in [0, 0.1) is 17.8 Å². The maximum absolute atomic E-state index is 6.90. The van der Waals surface area contributed by atoms with Crippen LogP contribution in [0.15, 0.2) is 0 Å². The van der Waals surface area contributed by atoms with Crippen LogP contribution in [0.3, 0.4) is 0 Å². The van der Waals surface area contributed by atoms with Crippen molar-refractivity contribution in [2.45, 2.75) is 83.2 Å². The molecule has 2 nitrogen and oxygen atoms in total. The lowest BCUT2D eigenvalue weighted by Crippen LogP contribution is -2.62. The van der Waals surface area contributed by atoms with Crippen LogP contribution >= 0.6 is 0 Å². The van der Waals surface area contributed by atoms with Crippen molar-refractivity contribution in [2.24, 2.45) is 23.5 Å². The average Bonchev–Trinajstić information content (AvgIpc) is 2.46. The van der Waals surface area contributed by atoms with Gasteiger partial charge in [0.05, 0.1) is 0 Å². The molecule has 0 aromatic heterocycles. The topological polar surface area (TPSA) is 29.3 Å². The predicted molar refractivity (Wildman–Crippen MR) is 87.8 cm³/mol. The summed E-state index contributed by atoms with van der Waals surface area (Å²) in [4.78, 5) is 2.48. The zero-order valence-corrected chi connectivity index (χ0v) is 14.2. The van der Waals surface area contributed by atoms with Crippen molar-refractivity contribution in [2.75, 3.05) is 14.1 Å². The Morgan fingerprint density at radius 1 is 1.20 bits per heavy atom. The Balaban J connectivity index is 2.12. The SMILES string of the molecule is CCC1CCCC(C(N)C2(N(C)C)CCCC(C)C2)C1. The van der Waals surface area contributed by atoms with Gasteiger partial charge in [-0.25, -0.2) is 0 Å². The molecule has 0 aliphatic heterocycles. The highest BCUT2D eigenvalue weighted by molar-refractivity contribution is 5.03. The Morgan fingerprint density at radius 3 is 2.55 bits per heavy atom. The van der Waals surface area contributed by atoms with E-state index in [1.807, 2.05) is 0 Å². The second-order valence-corrected chi connectivity index (χ2v) is 7.93. The highest BCUT2D eigenvalue weighted by Gasteiger charge is 2.45. The number of nitrogens with zero attached hydrogens (tertiary/aromatic N) is 1. The molecule has 0 heterocycles. The summed E-state index contributed by atoms with van der Waals surface area (Å²) in [7, 11) is 4.52. The highest BCUT2D eigenvalue weighted by atomic mass is 15.2. The molecule has 5 atom stereocenters. The molecule has 0 radical (unpaired) electrons. The lowest BCUT2D eigenvalue weighted by Gasteiger charge is -2.52. The fraction of sp³-hybridized carbons (Fsp3) is 1.00. The van der Waals surface area contributed by atoms with Crippen LogP contribution in [0.2, 0.25) is 0 Å². The van der Waals surface area contributed by atoms with E-state index in [2.05, 4.69) is 32.8 Å². The fourth-order valence-electron chi connectivity index (χ4n) is 5.04. The van der Waals surface area contributed by atoms with Crippen LogP contribution < -0.4 is 5.73 Å². The summed E-state index contributed by atoms with van der Waals surface area (Å²) in [6.45, 7) is 4.77. The summed E-state index contributed by atoms with van der Waals surface area (Å²) in [6, 6.07) is 0.370. The zero-order chi connectivity index (χ0) is 14.8. The first kappa shape index (κ1) is 16.3. The molecule has 2 N–H and O–H groups in total. The Bertz CT molecular complexity index is 302. The van der Waals surface area contributed by atoms with Gasteiger partial charge in [-0.1, -0.05) is 46.0 Å². The van der Waals surface area contributed by atoms with Gasteiger partial charge in [-0.2, -0.15) is 0 Å². The molecule has 2 aliphatic rings. The molecule has 0 saturated heterocycles. The van der Waals surface area contributed by atoms with Crippen molar-refractivity contribution < 1.29 is 0 Å². The third kappa shape index (κ3) is 3.22. The lowest BCUT2D eigenvalue weighted by molar-refractivity contribution is 0.0184. The van der Waals surface area contributed by atoms with Gasteiger partial charge in [-0.05, 0) is 57.5 Å². The minimum Gasteiger partial charge on any atom is -0.326 e. The van der Waals surface area contributed by atoms with Crippen LogP contribution in [0.25, 0.3) is 0 Å². The second kappa shape index (κ2) is 6.79. The molecule has 0 aromatic rings. The van der Waals surface area contributed by atoms with Crippen molar-refractivity contribution in [1.82, 2.24) is 4.90 Å². The van der Waals surface area contributed by atoms with E-state index in [0.717, 1.165) is 17.8 Å². The Kier molecular flexibility index (Phi) is 5.53. The molecule has 20 heavy (non-hydrogen) atoms. The van der Waals surface area contributed by atoms with Crippen LogP contribution in [-0.2, 0) is 0 Å². The predicted octanol–water partition coefficient (Wildman–Crippen LogP) is 4.04. The molecule has 0 aromatic carbocycles. The van der Waals surface area contributed by atoms with Gasteiger partial charge in [0, 0.05) is 11.6 Å². The Hall–Kier alpha value is -0.0800. The number of likely N-dealkylation sites (N-methyl/N-ethyl adjacent to an activating group) is 1. The normalized spacial score (nSPS) is 40.8. The van der Waals surface area contributed by atoms with Crippen LogP contribution in [0.4, 0.5) is 0 Å². The summed E-state index contributed by atoms with van der Waals surface area (Å²) in [6.07, 6.45) is 12.3. The van der Waals surface area contributed by atoms with Gasteiger partial charge in [0.25, 0.3) is 0 Å².